The van der Waals surface area contributed by atoms with Crippen LogP contribution < -0.4 is 5.32 Å². The minimum atomic E-state index is -0.306. The number of hydrogen-bond acceptors (Lipinski definition) is 2. The van der Waals surface area contributed by atoms with Crippen LogP contribution in [0.1, 0.15) is 37.7 Å². The molecule has 0 bridgehead atoms. The Bertz CT molecular complexity index is 554. The Morgan fingerprint density at radius 2 is 2.00 bits per heavy atom. The van der Waals surface area contributed by atoms with Gasteiger partial charge < -0.3 is 5.32 Å². The van der Waals surface area contributed by atoms with Gasteiger partial charge >= 0.3 is 0 Å². The lowest BCUT2D eigenvalue weighted by atomic mass is 9.95. The molecule has 4 heteroatoms. The van der Waals surface area contributed by atoms with Crippen molar-refractivity contribution >= 4 is 23.6 Å². The van der Waals surface area contributed by atoms with Gasteiger partial charge in [0.1, 0.15) is 11.6 Å². The molecule has 104 valence electrons. The van der Waals surface area contributed by atoms with E-state index in [4.69, 9.17) is 16.9 Å². The van der Waals surface area contributed by atoms with Crippen LogP contribution in [0.3, 0.4) is 0 Å². The van der Waals surface area contributed by atoms with Gasteiger partial charge in [0.05, 0.1) is 0 Å². The third kappa shape index (κ3) is 3.85. The first-order valence-corrected chi connectivity index (χ1v) is 7.25. The van der Waals surface area contributed by atoms with Gasteiger partial charge in [-0.1, -0.05) is 49.1 Å². The van der Waals surface area contributed by atoms with Crippen molar-refractivity contribution in [1.29, 1.82) is 5.26 Å². The zero-order valence-electron chi connectivity index (χ0n) is 11.2. The van der Waals surface area contributed by atoms with Crippen LogP contribution in [0.15, 0.2) is 29.8 Å². The van der Waals surface area contributed by atoms with Gasteiger partial charge in [0.15, 0.2) is 0 Å². The lowest BCUT2D eigenvalue weighted by Gasteiger charge is -2.22. The van der Waals surface area contributed by atoms with Crippen molar-refractivity contribution in [2.75, 3.05) is 0 Å². The van der Waals surface area contributed by atoms with Crippen LogP contribution in [0.4, 0.5) is 0 Å². The molecular formula is C16H17ClN2O. The highest BCUT2D eigenvalue weighted by atomic mass is 35.5. The second-order valence-corrected chi connectivity index (χ2v) is 5.41. The fraction of sp³-hybridized carbons (Fsp3) is 0.375. The first-order chi connectivity index (χ1) is 9.70. The Labute approximate surface area is 124 Å². The molecule has 0 unspecified atom stereocenters. The van der Waals surface area contributed by atoms with Gasteiger partial charge in [-0.2, -0.15) is 5.26 Å². The summed E-state index contributed by atoms with van der Waals surface area (Å²) < 4.78 is 0. The van der Waals surface area contributed by atoms with E-state index in [0.29, 0.717) is 10.6 Å². The maximum Gasteiger partial charge on any atom is 0.262 e. The molecule has 1 aromatic carbocycles. The highest BCUT2D eigenvalue weighted by Gasteiger charge is 2.18. The van der Waals surface area contributed by atoms with Gasteiger partial charge in [0.25, 0.3) is 5.91 Å². The van der Waals surface area contributed by atoms with Crippen LogP contribution in [-0.4, -0.2) is 11.9 Å². The highest BCUT2D eigenvalue weighted by Crippen LogP contribution is 2.20. The van der Waals surface area contributed by atoms with Crippen molar-refractivity contribution in [3.8, 4) is 6.07 Å². The van der Waals surface area contributed by atoms with Crippen molar-refractivity contribution in [2.24, 2.45) is 0 Å². The maximum absolute atomic E-state index is 12.1. The molecule has 3 nitrogen and oxygen atoms in total. The SMILES string of the molecule is N#C/C(=C/c1ccccc1Cl)C(=O)NC1CCCCC1. The van der Waals surface area contributed by atoms with Gasteiger partial charge in [-0.25, -0.2) is 0 Å². The third-order valence-electron chi connectivity index (χ3n) is 3.51. The molecule has 0 radical (unpaired) electrons. The minimum absolute atomic E-state index is 0.101. The van der Waals surface area contributed by atoms with Gasteiger partial charge in [-0.3, -0.25) is 4.79 Å². The highest BCUT2D eigenvalue weighted by molar-refractivity contribution is 6.32. The number of nitrogens with zero attached hydrogens (tertiary/aromatic N) is 1. The zero-order chi connectivity index (χ0) is 14.4. The summed E-state index contributed by atoms with van der Waals surface area (Å²) in [5.74, 6) is -0.306. The molecular weight excluding hydrogens is 272 g/mol. The monoisotopic (exact) mass is 288 g/mol. The number of benzene rings is 1. The Morgan fingerprint density at radius 1 is 1.30 bits per heavy atom. The summed E-state index contributed by atoms with van der Waals surface area (Å²) in [4.78, 5) is 12.1. The molecule has 0 spiro atoms. The van der Waals surface area contributed by atoms with Crippen LogP contribution in [-0.2, 0) is 4.79 Å². The first kappa shape index (κ1) is 14.6. The number of carbonyl (C=O) groups is 1. The largest absolute Gasteiger partial charge is 0.349 e. The average molecular weight is 289 g/mol. The van der Waals surface area contributed by atoms with Gasteiger partial charge in [0.2, 0.25) is 0 Å². The lowest BCUT2D eigenvalue weighted by molar-refractivity contribution is -0.117. The molecule has 2 rings (SSSR count). The van der Waals surface area contributed by atoms with Crippen LogP contribution in [0, 0.1) is 11.3 Å². The smallest absolute Gasteiger partial charge is 0.262 e. The molecule has 0 heterocycles. The topological polar surface area (TPSA) is 52.9 Å². The van der Waals surface area contributed by atoms with E-state index in [0.717, 1.165) is 25.7 Å². The summed E-state index contributed by atoms with van der Waals surface area (Å²) in [5.41, 5.74) is 0.785. The van der Waals surface area contributed by atoms with E-state index in [2.05, 4.69) is 5.32 Å². The summed E-state index contributed by atoms with van der Waals surface area (Å²) in [6.07, 6.45) is 7.04. The summed E-state index contributed by atoms with van der Waals surface area (Å²) in [6.45, 7) is 0. The van der Waals surface area contributed by atoms with Crippen molar-refractivity contribution < 1.29 is 4.79 Å². The van der Waals surface area contributed by atoms with E-state index in [-0.39, 0.29) is 17.5 Å². The Kier molecular flexibility index (Phi) is 5.20. The molecule has 0 aliphatic heterocycles. The van der Waals surface area contributed by atoms with Crippen LogP contribution >= 0.6 is 11.6 Å². The number of amides is 1. The van der Waals surface area contributed by atoms with E-state index in [9.17, 15) is 4.79 Å². The summed E-state index contributed by atoms with van der Waals surface area (Å²) >= 11 is 6.04. The zero-order valence-corrected chi connectivity index (χ0v) is 12.0. The number of hydrogen-bond donors (Lipinski definition) is 1. The second-order valence-electron chi connectivity index (χ2n) is 5.00. The quantitative estimate of drug-likeness (QED) is 0.681. The van der Waals surface area contributed by atoms with Crippen LogP contribution in [0.2, 0.25) is 5.02 Å². The van der Waals surface area contributed by atoms with Crippen molar-refractivity contribution in [3.05, 3.63) is 40.4 Å². The van der Waals surface area contributed by atoms with Gasteiger partial charge in [-0.05, 0) is 30.5 Å². The third-order valence-corrected chi connectivity index (χ3v) is 3.85. The molecule has 1 saturated carbocycles. The molecule has 1 fully saturated rings. The fourth-order valence-electron chi connectivity index (χ4n) is 2.41. The van der Waals surface area contributed by atoms with Gasteiger partial charge in [-0.15, -0.1) is 0 Å². The number of carbonyl (C=O) groups excluding carboxylic acids is 1. The Hall–Kier alpha value is -1.79. The predicted octanol–water partition coefficient (Wildman–Crippen LogP) is 3.70. The van der Waals surface area contributed by atoms with Crippen molar-refractivity contribution in [1.82, 2.24) is 5.32 Å². The second kappa shape index (κ2) is 7.12. The molecule has 1 amide bonds. The molecule has 0 aromatic heterocycles. The molecule has 0 saturated heterocycles. The van der Waals surface area contributed by atoms with E-state index in [1.54, 1.807) is 18.2 Å². The van der Waals surface area contributed by atoms with Crippen molar-refractivity contribution in [3.63, 3.8) is 0 Å². The van der Waals surface area contributed by atoms with E-state index in [1.165, 1.54) is 6.42 Å². The van der Waals surface area contributed by atoms with Gasteiger partial charge in [0, 0.05) is 11.1 Å². The standard InChI is InChI=1S/C16H17ClN2O/c17-15-9-5-4-6-12(15)10-13(11-18)16(20)19-14-7-2-1-3-8-14/h4-6,9-10,14H,1-3,7-8H2,(H,19,20)/b13-10-. The lowest BCUT2D eigenvalue weighted by Crippen LogP contribution is -2.36. The molecule has 20 heavy (non-hydrogen) atoms. The molecule has 1 aliphatic rings. The summed E-state index contributed by atoms with van der Waals surface area (Å²) in [6, 6.07) is 9.31. The fourth-order valence-corrected chi connectivity index (χ4v) is 2.60. The van der Waals surface area contributed by atoms with E-state index < -0.39 is 0 Å². The molecule has 0 atom stereocenters. The minimum Gasteiger partial charge on any atom is -0.349 e. The average Bonchev–Trinajstić information content (AvgIpc) is 2.47. The molecule has 1 aliphatic carbocycles. The molecule has 1 aromatic rings. The van der Waals surface area contributed by atoms with Crippen molar-refractivity contribution in [2.45, 2.75) is 38.1 Å². The number of halogens is 1. The maximum atomic E-state index is 12.1. The van der Waals surface area contributed by atoms with Crippen LogP contribution in [0.25, 0.3) is 6.08 Å². The summed E-state index contributed by atoms with van der Waals surface area (Å²) in [5, 5.41) is 12.6. The summed E-state index contributed by atoms with van der Waals surface area (Å²) in [7, 11) is 0. The van der Waals surface area contributed by atoms with E-state index >= 15 is 0 Å². The van der Waals surface area contributed by atoms with E-state index in [1.807, 2.05) is 18.2 Å². The Balaban J connectivity index is 2.09. The first-order valence-electron chi connectivity index (χ1n) is 6.88. The molecule has 1 N–H and O–H groups in total. The number of nitriles is 1. The Morgan fingerprint density at radius 3 is 2.65 bits per heavy atom. The number of rotatable bonds is 3. The predicted molar refractivity (Wildman–Crippen MR) is 80.1 cm³/mol. The number of nitrogens with one attached hydrogen (secondary N) is 1. The normalized spacial score (nSPS) is 16.5. The van der Waals surface area contributed by atoms with Crippen LogP contribution in [0.5, 0.6) is 0 Å².